The van der Waals surface area contributed by atoms with Crippen LogP contribution in [-0.4, -0.2) is 50.4 Å². The summed E-state index contributed by atoms with van der Waals surface area (Å²) in [7, 11) is 1.62. The summed E-state index contributed by atoms with van der Waals surface area (Å²) < 4.78 is 22.2. The first-order chi connectivity index (χ1) is 18.8. The van der Waals surface area contributed by atoms with Crippen LogP contribution in [-0.2, 0) is 19.1 Å². The van der Waals surface area contributed by atoms with Crippen molar-refractivity contribution in [2.75, 3.05) is 33.5 Å². The molecule has 2 N–H and O–H groups in total. The molecule has 8 nitrogen and oxygen atoms in total. The monoisotopic (exact) mass is 599 g/mol. The number of nitrogens with one attached hydrogen (secondary N) is 1. The van der Waals surface area contributed by atoms with Gasteiger partial charge in [-0.1, -0.05) is 12.1 Å². The molecule has 1 aliphatic heterocycles. The van der Waals surface area contributed by atoms with Gasteiger partial charge >= 0.3 is 5.97 Å². The third-order valence-electron chi connectivity index (χ3n) is 6.98. The summed E-state index contributed by atoms with van der Waals surface area (Å²) in [4.78, 5) is 27.3. The number of hydrogen-bond donors (Lipinski definition) is 2. The maximum Gasteiger partial charge on any atom is 0.336 e. The van der Waals surface area contributed by atoms with Crippen molar-refractivity contribution in [1.29, 1.82) is 0 Å². The molecule has 0 unspecified atom stereocenters. The lowest BCUT2D eigenvalue weighted by molar-refractivity contribution is -0.140. The molecule has 9 heteroatoms. The highest BCUT2D eigenvalue weighted by Crippen LogP contribution is 2.48. The van der Waals surface area contributed by atoms with Gasteiger partial charge in [-0.15, -0.1) is 0 Å². The van der Waals surface area contributed by atoms with Gasteiger partial charge in [-0.3, -0.25) is 4.79 Å². The van der Waals surface area contributed by atoms with E-state index in [0.717, 1.165) is 17.0 Å². The molecule has 0 spiro atoms. The Kier molecular flexibility index (Phi) is 9.35. The van der Waals surface area contributed by atoms with Gasteiger partial charge < -0.3 is 29.4 Å². The first kappa shape index (κ1) is 28.7. The predicted octanol–water partition coefficient (Wildman–Crippen LogP) is 5.50. The molecule has 0 amide bonds. The second-order valence-corrected chi connectivity index (χ2v) is 10.3. The predicted molar refractivity (Wildman–Crippen MR) is 150 cm³/mol. The van der Waals surface area contributed by atoms with Crippen LogP contribution >= 0.6 is 15.9 Å². The van der Waals surface area contributed by atoms with Gasteiger partial charge in [0.15, 0.2) is 17.3 Å². The molecule has 2 atom stereocenters. The van der Waals surface area contributed by atoms with Crippen LogP contribution in [0, 0.1) is 0 Å². The van der Waals surface area contributed by atoms with E-state index in [1.807, 2.05) is 45.0 Å². The summed E-state index contributed by atoms with van der Waals surface area (Å²) in [5.74, 6) is -0.309. The minimum atomic E-state index is -0.693. The van der Waals surface area contributed by atoms with E-state index in [1.165, 1.54) is 0 Å². The fourth-order valence-corrected chi connectivity index (χ4v) is 5.66. The summed E-state index contributed by atoms with van der Waals surface area (Å²) >= 11 is 3.41. The molecule has 2 aromatic rings. The second-order valence-electron chi connectivity index (χ2n) is 9.41. The first-order valence-electron chi connectivity index (χ1n) is 13.1. The van der Waals surface area contributed by atoms with Gasteiger partial charge in [-0.05, 0) is 84.4 Å². The maximum atomic E-state index is 13.8. The number of rotatable bonds is 10. The zero-order valence-electron chi connectivity index (χ0n) is 22.6. The Hall–Kier alpha value is -3.30. The molecule has 0 aromatic heterocycles. The van der Waals surface area contributed by atoms with Crippen LogP contribution in [0.15, 0.2) is 63.4 Å². The van der Waals surface area contributed by atoms with E-state index < -0.39 is 11.9 Å². The van der Waals surface area contributed by atoms with Crippen LogP contribution in [0.5, 0.6) is 17.2 Å². The number of hydrogen-bond acceptors (Lipinski definition) is 8. The Morgan fingerprint density at radius 1 is 1.08 bits per heavy atom. The first-order valence-corrected chi connectivity index (χ1v) is 13.9. The topological polar surface area (TPSA) is 103 Å². The number of phenolic OH excluding ortho intramolecular Hbond substituents is 1. The van der Waals surface area contributed by atoms with Crippen molar-refractivity contribution < 1.29 is 33.6 Å². The largest absolute Gasteiger partial charge is 0.503 e. The number of dihydropyridines is 1. The van der Waals surface area contributed by atoms with Crippen LogP contribution in [0.4, 0.5) is 0 Å². The van der Waals surface area contributed by atoms with E-state index >= 15 is 0 Å². The quantitative estimate of drug-likeness (QED) is 0.272. The molecular weight excluding hydrogens is 566 g/mol. The summed E-state index contributed by atoms with van der Waals surface area (Å²) in [6, 6.07) is 11.2. The van der Waals surface area contributed by atoms with Crippen LogP contribution in [0.3, 0.4) is 0 Å². The summed E-state index contributed by atoms with van der Waals surface area (Å²) in [6.45, 7) is 6.74. The van der Waals surface area contributed by atoms with Crippen molar-refractivity contribution >= 4 is 27.7 Å². The molecule has 0 bridgehead atoms. The molecule has 0 radical (unpaired) electrons. The molecule has 0 saturated heterocycles. The zero-order chi connectivity index (χ0) is 28.1. The fourth-order valence-electron chi connectivity index (χ4n) is 5.20. The lowest BCUT2D eigenvalue weighted by atomic mass is 9.71. The molecule has 0 saturated carbocycles. The number of phenols is 1. The molecule has 2 aliphatic rings. The number of carbonyl (C=O) groups is 2. The van der Waals surface area contributed by atoms with E-state index in [9.17, 15) is 14.7 Å². The van der Waals surface area contributed by atoms with Gasteiger partial charge in [0, 0.05) is 35.9 Å². The number of methoxy groups -OCH3 is 1. The van der Waals surface area contributed by atoms with E-state index in [0.29, 0.717) is 52.9 Å². The van der Waals surface area contributed by atoms with Crippen molar-refractivity contribution in [3.8, 4) is 17.2 Å². The summed E-state index contributed by atoms with van der Waals surface area (Å²) in [5.41, 5.74) is 3.96. The molecule has 2 aromatic carbocycles. The molecule has 1 heterocycles. The Morgan fingerprint density at radius 2 is 1.82 bits per heavy atom. The maximum absolute atomic E-state index is 13.8. The number of allylic oxidation sites excluding steroid dienone is 3. The number of carbonyl (C=O) groups excluding carboxylic acids is 2. The van der Waals surface area contributed by atoms with Crippen LogP contribution in [0.1, 0.15) is 56.6 Å². The number of ether oxygens (including phenoxy) is 4. The van der Waals surface area contributed by atoms with Gasteiger partial charge in [-0.2, -0.15) is 0 Å². The summed E-state index contributed by atoms with van der Waals surface area (Å²) in [5, 5.41) is 13.9. The molecule has 0 fully saturated rings. The Labute approximate surface area is 237 Å². The van der Waals surface area contributed by atoms with Crippen molar-refractivity contribution in [2.45, 2.75) is 45.4 Å². The fraction of sp³-hybridized carbons (Fsp3) is 0.400. The number of aromatic hydroxyl groups is 1. The van der Waals surface area contributed by atoms with E-state index in [-0.39, 0.29) is 36.4 Å². The number of esters is 1. The van der Waals surface area contributed by atoms with Crippen LogP contribution in [0.25, 0.3) is 0 Å². The van der Waals surface area contributed by atoms with Gasteiger partial charge in [0.1, 0.15) is 12.4 Å². The highest BCUT2D eigenvalue weighted by Gasteiger charge is 2.42. The van der Waals surface area contributed by atoms with Crippen molar-refractivity contribution in [3.63, 3.8) is 0 Å². The van der Waals surface area contributed by atoms with Gasteiger partial charge in [0.05, 0.1) is 30.4 Å². The molecular formula is C30H34BrNO7. The lowest BCUT2D eigenvalue weighted by Gasteiger charge is -2.37. The third kappa shape index (κ3) is 6.15. The number of halogens is 1. The summed E-state index contributed by atoms with van der Waals surface area (Å²) in [6.07, 6.45) is 0.901. The third-order valence-corrected chi connectivity index (χ3v) is 7.59. The molecule has 208 valence electrons. The number of benzene rings is 2. The standard InChI is InChI=1S/C30H34BrNO7/c1-5-37-11-12-39-30(35)26-17(3)32-23-14-19(18-7-9-21(36-4)10-8-18)15-24(33)28(23)27(26)20-13-22(31)29(34)25(16-20)38-6-2/h7-10,13,16,19,27,32,34H,5-6,11-12,14-15H2,1-4H3/t19-,27-/m1/s1. The van der Waals surface area contributed by atoms with E-state index in [2.05, 4.69) is 21.2 Å². The van der Waals surface area contributed by atoms with Crippen LogP contribution in [0.2, 0.25) is 0 Å². The van der Waals surface area contributed by atoms with Crippen molar-refractivity contribution in [1.82, 2.24) is 5.32 Å². The van der Waals surface area contributed by atoms with Crippen molar-refractivity contribution in [3.05, 3.63) is 74.5 Å². The minimum Gasteiger partial charge on any atom is -0.503 e. The van der Waals surface area contributed by atoms with Crippen molar-refractivity contribution in [2.24, 2.45) is 0 Å². The number of ketones is 1. The Balaban J connectivity index is 1.77. The Morgan fingerprint density at radius 3 is 2.49 bits per heavy atom. The second kappa shape index (κ2) is 12.7. The van der Waals surface area contributed by atoms with Gasteiger partial charge in [0.25, 0.3) is 0 Å². The lowest BCUT2D eigenvalue weighted by Crippen LogP contribution is -2.36. The van der Waals surface area contributed by atoms with E-state index in [4.69, 9.17) is 18.9 Å². The average Bonchev–Trinajstić information content (AvgIpc) is 2.92. The van der Waals surface area contributed by atoms with Gasteiger partial charge in [-0.25, -0.2) is 4.79 Å². The smallest absolute Gasteiger partial charge is 0.336 e. The Bertz CT molecular complexity index is 1300. The molecule has 1 aliphatic carbocycles. The molecule has 4 rings (SSSR count). The minimum absolute atomic E-state index is 0.0201. The normalized spacial score (nSPS) is 18.9. The zero-order valence-corrected chi connectivity index (χ0v) is 24.2. The van der Waals surface area contributed by atoms with Crippen LogP contribution < -0.4 is 14.8 Å². The van der Waals surface area contributed by atoms with Gasteiger partial charge in [0.2, 0.25) is 0 Å². The number of Topliss-reactive ketones (excluding diaryl/α,β-unsaturated/α-hetero) is 1. The average molecular weight is 601 g/mol. The highest BCUT2D eigenvalue weighted by atomic mass is 79.9. The SMILES string of the molecule is CCOCCOC(=O)C1=C(C)NC2=C(C(=O)C[C@H](c3ccc(OC)cc3)C2)[C@@H]1c1cc(Br)c(O)c(OCC)c1. The highest BCUT2D eigenvalue weighted by molar-refractivity contribution is 9.10. The molecule has 39 heavy (non-hydrogen) atoms. The van der Waals surface area contributed by atoms with E-state index in [1.54, 1.807) is 19.2 Å².